The van der Waals surface area contributed by atoms with Crippen LogP contribution in [-0.4, -0.2) is 29.2 Å². The minimum Gasteiger partial charge on any atom is -0.487 e. The van der Waals surface area contributed by atoms with Crippen LogP contribution in [0.5, 0.6) is 11.5 Å². The molecular weight excluding hydrogens is 439 g/mol. The second-order valence-corrected chi connectivity index (χ2v) is 13.4. The molecule has 2 atom stereocenters. The number of benzene rings is 2. The van der Waals surface area contributed by atoms with Gasteiger partial charge in [-0.25, -0.2) is 4.79 Å². The van der Waals surface area contributed by atoms with Crippen molar-refractivity contribution in [3.63, 3.8) is 0 Å². The van der Waals surface area contributed by atoms with Crippen LogP contribution in [0.15, 0.2) is 48.5 Å². The Kier molecular flexibility index (Phi) is 7.34. The number of fused-ring (bicyclic) bond motifs is 1. The predicted molar refractivity (Wildman–Crippen MR) is 126 cm³/mol. The Morgan fingerprint density at radius 1 is 1.30 bits per heavy atom. The molecule has 0 saturated heterocycles. The minimum absolute atomic E-state index is 0.308. The van der Waals surface area contributed by atoms with E-state index in [1.165, 1.54) is 11.9 Å². The number of amides is 1. The van der Waals surface area contributed by atoms with Crippen LogP contribution in [0.4, 0.5) is 4.79 Å². The predicted octanol–water partition coefficient (Wildman–Crippen LogP) is 5.36. The maximum Gasteiger partial charge on any atom is 0.405 e. The maximum atomic E-state index is 11.4. The smallest absolute Gasteiger partial charge is 0.405 e. The third-order valence-corrected chi connectivity index (χ3v) is 9.33. The molecule has 1 heterocycles. The summed E-state index contributed by atoms with van der Waals surface area (Å²) in [6.07, 6.45) is -1.26. The molecule has 0 fully saturated rings. The van der Waals surface area contributed by atoms with E-state index < -0.39 is 17.7 Å². The van der Waals surface area contributed by atoms with Gasteiger partial charge in [0.2, 0.25) is 0 Å². The highest BCUT2D eigenvalue weighted by atomic mass is 32.4. The molecule has 0 saturated carbocycles. The molecule has 0 aromatic heterocycles. The normalized spacial score (nSPS) is 17.3. The zero-order chi connectivity index (χ0) is 21.8. The molecule has 3 N–H and O–H groups in total. The molecule has 3 rings (SSSR count). The van der Waals surface area contributed by atoms with Crippen molar-refractivity contribution < 1.29 is 19.2 Å². The van der Waals surface area contributed by atoms with E-state index in [4.69, 9.17) is 21.1 Å². The molecule has 9 heteroatoms. The van der Waals surface area contributed by atoms with Gasteiger partial charge < -0.3 is 19.7 Å². The van der Waals surface area contributed by atoms with Gasteiger partial charge in [0.1, 0.15) is 28.7 Å². The summed E-state index contributed by atoms with van der Waals surface area (Å²) in [6, 6.07) is 15.4. The van der Waals surface area contributed by atoms with Crippen molar-refractivity contribution in [3.8, 4) is 11.5 Å². The highest BCUT2D eigenvalue weighted by molar-refractivity contribution is 8.12. The zero-order valence-corrected chi connectivity index (χ0v) is 19.8. The lowest BCUT2D eigenvalue weighted by Crippen LogP contribution is -2.28. The van der Waals surface area contributed by atoms with Gasteiger partial charge in [0.15, 0.2) is 0 Å². The first-order chi connectivity index (χ1) is 14.2. The topological polar surface area (TPSA) is 79.8 Å². The molecule has 2 aromatic rings. The van der Waals surface area contributed by atoms with Gasteiger partial charge in [-0.05, 0) is 31.5 Å². The molecular formula is C21H27N2O4PS2. The fraction of sp³-hybridized carbons (Fsp3) is 0.381. The van der Waals surface area contributed by atoms with Crippen molar-refractivity contribution in [1.82, 2.24) is 10.0 Å². The van der Waals surface area contributed by atoms with Gasteiger partial charge in [0, 0.05) is 18.1 Å². The summed E-state index contributed by atoms with van der Waals surface area (Å²) in [5.41, 5.74) is 1.57. The van der Waals surface area contributed by atoms with Crippen LogP contribution in [0.1, 0.15) is 37.3 Å². The summed E-state index contributed by atoms with van der Waals surface area (Å²) in [4.78, 5) is 11.4. The quantitative estimate of drug-likeness (QED) is 0.261. The van der Waals surface area contributed by atoms with Crippen molar-refractivity contribution >= 4 is 36.1 Å². The molecule has 6 nitrogen and oxygen atoms in total. The zero-order valence-electron chi connectivity index (χ0n) is 17.3. The van der Waals surface area contributed by atoms with Gasteiger partial charge in [-0.3, -0.25) is 4.72 Å². The van der Waals surface area contributed by atoms with Crippen molar-refractivity contribution in [2.45, 2.75) is 38.2 Å². The average molecular weight is 467 g/mol. The number of para-hydroxylation sites is 2. The first-order valence-electron chi connectivity index (χ1n) is 9.73. The Hall–Kier alpha value is -1.73. The van der Waals surface area contributed by atoms with Crippen LogP contribution in [-0.2, 0) is 18.2 Å². The third kappa shape index (κ3) is 5.91. The molecule has 30 heavy (non-hydrogen) atoms. The average Bonchev–Trinajstić information content (AvgIpc) is 3.01. The first kappa shape index (κ1) is 22.9. The van der Waals surface area contributed by atoms with Gasteiger partial charge in [-0.1, -0.05) is 67.1 Å². The van der Waals surface area contributed by atoms with E-state index in [0.29, 0.717) is 6.29 Å². The van der Waals surface area contributed by atoms with Crippen LogP contribution in [0.2, 0.25) is 0 Å². The number of nitrogens with one attached hydrogen (secondary N) is 2. The van der Waals surface area contributed by atoms with Crippen LogP contribution < -0.4 is 19.3 Å². The van der Waals surface area contributed by atoms with Gasteiger partial charge in [0.05, 0.1) is 6.29 Å². The highest BCUT2D eigenvalue weighted by Gasteiger charge is 2.34. The second-order valence-electron chi connectivity index (χ2n) is 7.66. The lowest BCUT2D eigenvalue weighted by Gasteiger charge is -2.25. The van der Waals surface area contributed by atoms with Crippen molar-refractivity contribution in [2.24, 2.45) is 0 Å². The van der Waals surface area contributed by atoms with E-state index in [1.807, 2.05) is 69.3 Å². The van der Waals surface area contributed by atoms with E-state index in [9.17, 15) is 9.90 Å². The molecule has 1 aliphatic rings. The molecule has 1 aliphatic heterocycles. The fourth-order valence-corrected chi connectivity index (χ4v) is 6.61. The Labute approximate surface area is 187 Å². The summed E-state index contributed by atoms with van der Waals surface area (Å²) in [7, 11) is 0. The molecule has 0 bridgehead atoms. The second kappa shape index (κ2) is 9.60. The van der Waals surface area contributed by atoms with Gasteiger partial charge >= 0.3 is 6.09 Å². The van der Waals surface area contributed by atoms with Crippen LogP contribution in [0, 0.1) is 0 Å². The Balaban J connectivity index is 1.72. The summed E-state index contributed by atoms with van der Waals surface area (Å²) < 4.78 is 15.5. The lowest BCUT2D eigenvalue weighted by molar-refractivity contribution is 0.137. The molecule has 162 valence electrons. The van der Waals surface area contributed by atoms with Crippen molar-refractivity contribution in [2.75, 3.05) is 12.4 Å². The number of carbonyl (C=O) groups is 1. The van der Waals surface area contributed by atoms with Gasteiger partial charge in [0.25, 0.3) is 0 Å². The summed E-state index contributed by atoms with van der Waals surface area (Å²) >= 11 is 7.08. The molecule has 0 aliphatic carbocycles. The fourth-order valence-electron chi connectivity index (χ4n) is 3.23. The number of hydrogen-bond acceptors (Lipinski definition) is 6. The molecule has 2 unspecified atom stereocenters. The number of hydrogen-bond donors (Lipinski definition) is 3. The van der Waals surface area contributed by atoms with E-state index in [-0.39, 0.29) is 5.60 Å². The van der Waals surface area contributed by atoms with E-state index in [1.54, 1.807) is 0 Å². The summed E-state index contributed by atoms with van der Waals surface area (Å²) in [6.45, 7) is 6.07. The highest BCUT2D eigenvalue weighted by Crippen LogP contribution is 2.47. The molecule has 2 aromatic carbocycles. The Morgan fingerprint density at radius 2 is 2.03 bits per heavy atom. The maximum absolute atomic E-state index is 11.4. The molecule has 1 amide bonds. The van der Waals surface area contributed by atoms with E-state index >= 15 is 0 Å². The third-order valence-electron chi connectivity index (χ3n) is 4.66. The molecule has 0 radical (unpaired) electrons. The van der Waals surface area contributed by atoms with E-state index in [2.05, 4.69) is 10.0 Å². The van der Waals surface area contributed by atoms with Crippen LogP contribution >= 0.6 is 18.2 Å². The lowest BCUT2D eigenvalue weighted by atomic mass is 10.0. The van der Waals surface area contributed by atoms with E-state index in [0.717, 1.165) is 35.2 Å². The van der Waals surface area contributed by atoms with Crippen molar-refractivity contribution in [1.29, 1.82) is 0 Å². The Morgan fingerprint density at radius 3 is 2.70 bits per heavy atom. The number of carboxylic acid groups (broad SMARTS) is 1. The largest absolute Gasteiger partial charge is 0.487 e. The standard InChI is InChI=1S/C21H27N2O4PS2/c1-4-28(29,27-16-10-6-5-7-11-16)14-22-30-19(23-20(24)25)17-12-8-9-15-13-21(2,3)26-18(15)17/h5-12,19,22-23H,4,13-14H2,1-3H3,(H,24,25). The van der Waals surface area contributed by atoms with Gasteiger partial charge in [-0.15, -0.1) is 0 Å². The SMILES string of the molecule is CCP(=S)(CNSC(NC(=O)O)c1cccc2c1OC(C)(C)C2)Oc1ccccc1. The monoisotopic (exact) mass is 466 g/mol. The van der Waals surface area contributed by atoms with Gasteiger partial charge in [-0.2, -0.15) is 0 Å². The Bertz CT molecular complexity index is 940. The van der Waals surface area contributed by atoms with Crippen molar-refractivity contribution in [3.05, 3.63) is 59.7 Å². The summed E-state index contributed by atoms with van der Waals surface area (Å²) in [5, 5.41) is 11.4. The first-order valence-corrected chi connectivity index (χ1v) is 13.7. The minimum atomic E-state index is -2.15. The number of ether oxygens (including phenoxy) is 1. The van der Waals surface area contributed by atoms with Crippen LogP contribution in [0.25, 0.3) is 0 Å². The van der Waals surface area contributed by atoms with Crippen LogP contribution in [0.3, 0.4) is 0 Å². The molecule has 0 spiro atoms. The summed E-state index contributed by atoms with van der Waals surface area (Å²) in [5.74, 6) is 1.51. The number of rotatable bonds is 9.